The van der Waals surface area contributed by atoms with Crippen molar-refractivity contribution in [3.63, 3.8) is 0 Å². The summed E-state index contributed by atoms with van der Waals surface area (Å²) < 4.78 is 0. The Morgan fingerprint density at radius 3 is 2.00 bits per heavy atom. The van der Waals surface area contributed by atoms with Gasteiger partial charge in [-0.2, -0.15) is 0 Å². The van der Waals surface area contributed by atoms with Crippen LogP contribution in [0.1, 0.15) is 10.4 Å². The molecule has 2 heteroatoms. The lowest BCUT2D eigenvalue weighted by Gasteiger charge is -2.08. The molecule has 2 nitrogen and oxygen atoms in total. The van der Waals surface area contributed by atoms with Crippen molar-refractivity contribution in [2.45, 2.75) is 0 Å². The number of rotatable bonds is 2. The molecule has 0 aromatic heterocycles. The largest absolute Gasteiger partial charge is 0.478 e. The number of carboxylic acid groups (broad SMARTS) is 1. The molecule has 0 bridgehead atoms. The van der Waals surface area contributed by atoms with E-state index in [4.69, 9.17) is 0 Å². The first-order chi connectivity index (χ1) is 9.25. The minimum absolute atomic E-state index is 0.338. The minimum atomic E-state index is -0.899. The van der Waals surface area contributed by atoms with Gasteiger partial charge in [0, 0.05) is 0 Å². The fraction of sp³-hybridized carbons (Fsp3) is 0. The molecule has 0 radical (unpaired) electrons. The van der Waals surface area contributed by atoms with Crippen LogP contribution in [0.5, 0.6) is 0 Å². The van der Waals surface area contributed by atoms with E-state index in [0.29, 0.717) is 5.56 Å². The fourth-order valence-corrected chi connectivity index (χ4v) is 2.27. The molecule has 0 spiro atoms. The lowest BCUT2D eigenvalue weighted by Crippen LogP contribution is -1.99. The van der Waals surface area contributed by atoms with Crippen LogP contribution in [0.3, 0.4) is 0 Å². The van der Waals surface area contributed by atoms with Gasteiger partial charge in [0.25, 0.3) is 0 Å². The van der Waals surface area contributed by atoms with Crippen LogP contribution in [0.4, 0.5) is 0 Å². The smallest absolute Gasteiger partial charge is 0.336 e. The van der Waals surface area contributed by atoms with Crippen molar-refractivity contribution < 1.29 is 9.90 Å². The molecule has 0 unspecified atom stereocenters. The molecular weight excluding hydrogens is 236 g/mol. The van der Waals surface area contributed by atoms with Crippen molar-refractivity contribution >= 4 is 16.7 Å². The third-order valence-electron chi connectivity index (χ3n) is 3.20. The molecule has 3 aromatic rings. The monoisotopic (exact) mass is 248 g/mol. The van der Waals surface area contributed by atoms with Gasteiger partial charge in [0.15, 0.2) is 0 Å². The molecule has 3 rings (SSSR count). The maximum absolute atomic E-state index is 11.4. The van der Waals surface area contributed by atoms with Crippen LogP contribution in [0, 0.1) is 0 Å². The molecule has 0 fully saturated rings. The molecule has 0 saturated heterocycles. The van der Waals surface area contributed by atoms with Crippen molar-refractivity contribution in [2.24, 2.45) is 0 Å². The lowest BCUT2D eigenvalue weighted by molar-refractivity contribution is 0.0698. The van der Waals surface area contributed by atoms with E-state index in [9.17, 15) is 9.90 Å². The average Bonchev–Trinajstić information content (AvgIpc) is 2.46. The Hall–Kier alpha value is -2.61. The number of benzene rings is 3. The highest BCUT2D eigenvalue weighted by Gasteiger charge is 2.12. The molecule has 3 aromatic carbocycles. The Morgan fingerprint density at radius 1 is 0.789 bits per heavy atom. The predicted octanol–water partition coefficient (Wildman–Crippen LogP) is 4.21. The zero-order valence-electron chi connectivity index (χ0n) is 10.2. The summed E-state index contributed by atoms with van der Waals surface area (Å²) in [6.07, 6.45) is 0. The van der Waals surface area contributed by atoms with Crippen molar-refractivity contribution in [2.75, 3.05) is 0 Å². The summed E-state index contributed by atoms with van der Waals surface area (Å²) >= 11 is 0. The second kappa shape index (κ2) is 4.58. The van der Waals surface area contributed by atoms with Gasteiger partial charge in [-0.3, -0.25) is 0 Å². The van der Waals surface area contributed by atoms with Crippen LogP contribution in [0.15, 0.2) is 66.7 Å². The summed E-state index contributed by atoms with van der Waals surface area (Å²) in [5, 5.41) is 11.4. The number of aromatic carboxylic acids is 1. The molecule has 19 heavy (non-hydrogen) atoms. The predicted molar refractivity (Wildman–Crippen MR) is 76.3 cm³/mol. The van der Waals surface area contributed by atoms with Crippen molar-refractivity contribution in [3.8, 4) is 11.1 Å². The molecule has 0 aliphatic carbocycles. The van der Waals surface area contributed by atoms with Crippen LogP contribution in [0.25, 0.3) is 21.9 Å². The van der Waals surface area contributed by atoms with E-state index in [-0.39, 0.29) is 0 Å². The van der Waals surface area contributed by atoms with Gasteiger partial charge < -0.3 is 5.11 Å². The van der Waals surface area contributed by atoms with E-state index in [1.165, 1.54) is 0 Å². The summed E-state index contributed by atoms with van der Waals surface area (Å²) in [6, 6.07) is 21.1. The molecule has 0 saturated carbocycles. The van der Waals surface area contributed by atoms with Crippen LogP contribution in [0.2, 0.25) is 0 Å². The summed E-state index contributed by atoms with van der Waals surface area (Å²) in [5.41, 5.74) is 2.02. The second-order valence-corrected chi connectivity index (χ2v) is 4.42. The first-order valence-electron chi connectivity index (χ1n) is 6.07. The Kier molecular flexibility index (Phi) is 2.76. The van der Waals surface area contributed by atoms with E-state index >= 15 is 0 Å². The van der Waals surface area contributed by atoms with Gasteiger partial charge in [-0.15, -0.1) is 0 Å². The SMILES string of the molecule is O=C(O)c1cc2ccccc2cc1-c1ccccc1. The van der Waals surface area contributed by atoms with Gasteiger partial charge in [-0.25, -0.2) is 4.79 Å². The Bertz CT molecular complexity index is 746. The van der Waals surface area contributed by atoms with Gasteiger partial charge in [0.2, 0.25) is 0 Å². The zero-order valence-corrected chi connectivity index (χ0v) is 10.2. The fourth-order valence-electron chi connectivity index (χ4n) is 2.27. The Morgan fingerprint density at radius 2 is 1.37 bits per heavy atom. The molecular formula is C17H12O2. The summed E-state index contributed by atoms with van der Waals surface area (Å²) in [4.78, 5) is 11.4. The maximum atomic E-state index is 11.4. The molecule has 1 N–H and O–H groups in total. The number of fused-ring (bicyclic) bond motifs is 1. The number of hydrogen-bond donors (Lipinski definition) is 1. The van der Waals surface area contributed by atoms with Crippen molar-refractivity contribution in [3.05, 3.63) is 72.3 Å². The molecule has 0 heterocycles. The van der Waals surface area contributed by atoms with E-state index < -0.39 is 5.97 Å². The van der Waals surface area contributed by atoms with Crippen molar-refractivity contribution in [1.82, 2.24) is 0 Å². The van der Waals surface area contributed by atoms with E-state index in [1.807, 2.05) is 60.7 Å². The summed E-state index contributed by atoms with van der Waals surface area (Å²) in [7, 11) is 0. The Labute approximate surface area is 110 Å². The highest BCUT2D eigenvalue weighted by atomic mass is 16.4. The van der Waals surface area contributed by atoms with Crippen LogP contribution in [-0.4, -0.2) is 11.1 Å². The zero-order chi connectivity index (χ0) is 13.2. The quantitative estimate of drug-likeness (QED) is 0.737. The van der Waals surface area contributed by atoms with Crippen LogP contribution in [-0.2, 0) is 0 Å². The lowest BCUT2D eigenvalue weighted by atomic mass is 9.95. The molecule has 92 valence electrons. The molecule has 0 aliphatic heterocycles. The molecule has 0 amide bonds. The highest BCUT2D eigenvalue weighted by molar-refractivity contribution is 6.02. The normalized spacial score (nSPS) is 10.5. The van der Waals surface area contributed by atoms with Gasteiger partial charge in [-0.05, 0) is 34.0 Å². The summed E-state index contributed by atoms with van der Waals surface area (Å²) in [5.74, 6) is -0.899. The van der Waals surface area contributed by atoms with Gasteiger partial charge in [0.05, 0.1) is 5.56 Å². The third kappa shape index (κ3) is 2.08. The highest BCUT2D eigenvalue weighted by Crippen LogP contribution is 2.28. The standard InChI is InChI=1S/C17H12O2/c18-17(19)16-11-14-9-5-4-8-13(14)10-15(16)12-6-2-1-3-7-12/h1-11H,(H,18,19). The van der Waals surface area contributed by atoms with Crippen LogP contribution >= 0.6 is 0 Å². The number of hydrogen-bond acceptors (Lipinski definition) is 1. The van der Waals surface area contributed by atoms with E-state index in [2.05, 4.69) is 0 Å². The maximum Gasteiger partial charge on any atom is 0.336 e. The van der Waals surface area contributed by atoms with Crippen molar-refractivity contribution in [1.29, 1.82) is 0 Å². The third-order valence-corrected chi connectivity index (χ3v) is 3.20. The first kappa shape index (κ1) is 11.5. The Balaban J connectivity index is 2.33. The summed E-state index contributed by atoms with van der Waals surface area (Å²) in [6.45, 7) is 0. The van der Waals surface area contributed by atoms with Gasteiger partial charge in [-0.1, -0.05) is 54.6 Å². The van der Waals surface area contributed by atoms with E-state index in [0.717, 1.165) is 21.9 Å². The molecule has 0 aliphatic rings. The van der Waals surface area contributed by atoms with E-state index in [1.54, 1.807) is 6.07 Å². The van der Waals surface area contributed by atoms with Crippen LogP contribution < -0.4 is 0 Å². The topological polar surface area (TPSA) is 37.3 Å². The average molecular weight is 248 g/mol. The van der Waals surface area contributed by atoms with Gasteiger partial charge >= 0.3 is 5.97 Å². The number of carbonyl (C=O) groups is 1. The number of carboxylic acids is 1. The molecule has 0 atom stereocenters. The van der Waals surface area contributed by atoms with Gasteiger partial charge in [0.1, 0.15) is 0 Å². The minimum Gasteiger partial charge on any atom is -0.478 e. The first-order valence-corrected chi connectivity index (χ1v) is 6.07. The second-order valence-electron chi connectivity index (χ2n) is 4.42.